The minimum atomic E-state index is -0.341. The van der Waals surface area contributed by atoms with Gasteiger partial charge < -0.3 is 19.0 Å². The standard InChI is InChI=1S/C72H79BN2O2/c1-42-34-58-63-59(35-42)75(56-29-26-45(67(5,6)7)36-47(56)43-22-24-44(25-23-43)66(2,3)4)57-41-62-54(72(16,17)50-20-18-19-21-60(50)76-62)39-55(57)73(63)65-64(48-38-52-53(40-61(48)77-65)71(14,15)33-32-70(52,12)13)74(58)46-27-28-49-51(37-46)69(10,11)31-30-68(49,8)9/h18-29,34-41H,30-33H2,1-17H3. The fourth-order valence-electron chi connectivity index (χ4n) is 14.4. The van der Waals surface area contributed by atoms with Crippen molar-refractivity contribution >= 4 is 68.4 Å². The van der Waals surface area contributed by atoms with Gasteiger partial charge in [-0.15, -0.1) is 0 Å². The van der Waals surface area contributed by atoms with Crippen LogP contribution in [0.3, 0.4) is 0 Å². The molecule has 0 atom stereocenters. The monoisotopic (exact) mass is 1010 g/mol. The van der Waals surface area contributed by atoms with E-state index in [1.54, 1.807) is 0 Å². The molecule has 2 aliphatic carbocycles. The van der Waals surface area contributed by atoms with Gasteiger partial charge in [0.25, 0.3) is 6.71 Å². The lowest BCUT2D eigenvalue weighted by molar-refractivity contribution is 0.332. The molecule has 4 heterocycles. The third kappa shape index (κ3) is 7.44. The summed E-state index contributed by atoms with van der Waals surface area (Å²) in [6.45, 7) is 40.3. The lowest BCUT2D eigenvalue weighted by Crippen LogP contribution is -2.61. The fourth-order valence-corrected chi connectivity index (χ4v) is 14.4. The first-order valence-corrected chi connectivity index (χ1v) is 28.8. The van der Waals surface area contributed by atoms with Gasteiger partial charge in [-0.1, -0.05) is 171 Å². The van der Waals surface area contributed by atoms with E-state index in [1.807, 2.05) is 0 Å². The van der Waals surface area contributed by atoms with Crippen LogP contribution >= 0.6 is 0 Å². The van der Waals surface area contributed by atoms with Crippen molar-refractivity contribution in [3.63, 3.8) is 0 Å². The van der Waals surface area contributed by atoms with E-state index in [2.05, 4.69) is 249 Å². The number of furan rings is 1. The number of anilines is 6. The number of benzene rings is 7. The third-order valence-electron chi connectivity index (χ3n) is 19.6. The summed E-state index contributed by atoms with van der Waals surface area (Å²) in [5.41, 5.74) is 25.6. The summed E-state index contributed by atoms with van der Waals surface area (Å²) in [4.78, 5) is 5.23. The van der Waals surface area contributed by atoms with E-state index in [0.717, 1.165) is 59.1 Å². The predicted octanol–water partition coefficient (Wildman–Crippen LogP) is 18.2. The Morgan fingerprint density at radius 2 is 1.06 bits per heavy atom. The maximum absolute atomic E-state index is 7.78. The number of aryl methyl sites for hydroxylation is 1. The van der Waals surface area contributed by atoms with E-state index >= 15 is 0 Å². The molecule has 0 spiro atoms. The van der Waals surface area contributed by atoms with Crippen LogP contribution in [0.25, 0.3) is 22.1 Å². The van der Waals surface area contributed by atoms with Gasteiger partial charge in [-0.25, -0.2) is 0 Å². The molecule has 0 amide bonds. The van der Waals surface area contributed by atoms with Gasteiger partial charge in [-0.05, 0) is 175 Å². The largest absolute Gasteiger partial charge is 0.468 e. The number of rotatable bonds is 3. The Morgan fingerprint density at radius 1 is 0.481 bits per heavy atom. The van der Waals surface area contributed by atoms with Crippen molar-refractivity contribution in [3.8, 4) is 22.6 Å². The van der Waals surface area contributed by atoms with Crippen LogP contribution in [0, 0.1) is 6.92 Å². The van der Waals surface area contributed by atoms with Crippen molar-refractivity contribution in [3.05, 3.63) is 171 Å². The van der Waals surface area contributed by atoms with Crippen molar-refractivity contribution in [1.82, 2.24) is 0 Å². The van der Waals surface area contributed by atoms with Crippen LogP contribution in [0.4, 0.5) is 34.1 Å². The van der Waals surface area contributed by atoms with Crippen LogP contribution in [0.5, 0.6) is 11.5 Å². The highest BCUT2D eigenvalue weighted by molar-refractivity contribution is 7.00. The minimum Gasteiger partial charge on any atom is -0.468 e. The molecule has 7 aromatic carbocycles. The topological polar surface area (TPSA) is 28.9 Å². The maximum atomic E-state index is 7.78. The Labute approximate surface area is 460 Å². The lowest BCUT2D eigenvalue weighted by Gasteiger charge is -2.45. The second-order valence-corrected chi connectivity index (χ2v) is 29.2. The van der Waals surface area contributed by atoms with Gasteiger partial charge in [-0.3, -0.25) is 0 Å². The van der Waals surface area contributed by atoms with Crippen molar-refractivity contribution in [2.24, 2.45) is 0 Å². The number of ether oxygens (including phenoxy) is 1. The van der Waals surface area contributed by atoms with Gasteiger partial charge in [0.1, 0.15) is 17.1 Å². The molecule has 0 fully saturated rings. The van der Waals surface area contributed by atoms with Crippen molar-refractivity contribution in [1.29, 1.82) is 0 Å². The minimum absolute atomic E-state index is 0.0119. The fraction of sp³-hybridized carbons (Fsp3) is 0.389. The van der Waals surface area contributed by atoms with Crippen molar-refractivity contribution < 1.29 is 9.15 Å². The summed E-state index contributed by atoms with van der Waals surface area (Å²) in [7, 11) is 0. The van der Waals surface area contributed by atoms with Crippen LogP contribution in [0.15, 0.2) is 126 Å². The van der Waals surface area contributed by atoms with Crippen LogP contribution in [0.2, 0.25) is 0 Å². The average molecular weight is 1020 g/mol. The maximum Gasteiger partial charge on any atom is 0.297 e. The predicted molar refractivity (Wildman–Crippen MR) is 327 cm³/mol. The second kappa shape index (κ2) is 16.1. The average Bonchev–Trinajstić information content (AvgIpc) is 3.94. The number of hydrogen-bond donors (Lipinski definition) is 0. The lowest BCUT2D eigenvalue weighted by atomic mass is 9.35. The van der Waals surface area contributed by atoms with Gasteiger partial charge in [0.2, 0.25) is 0 Å². The molecule has 5 heteroatoms. The van der Waals surface area contributed by atoms with Crippen LogP contribution in [0.1, 0.15) is 187 Å². The molecular formula is C72H79BN2O2. The number of nitrogens with zero attached hydrogens (tertiary/aromatic N) is 2. The Morgan fingerprint density at radius 3 is 1.71 bits per heavy atom. The smallest absolute Gasteiger partial charge is 0.297 e. The Hall–Kier alpha value is -6.46. The first kappa shape index (κ1) is 50.1. The number of hydrogen-bond acceptors (Lipinski definition) is 4. The molecule has 5 aliphatic rings. The van der Waals surface area contributed by atoms with Gasteiger partial charge in [0, 0.05) is 56.3 Å². The molecule has 8 aromatic rings. The van der Waals surface area contributed by atoms with E-state index in [0.29, 0.717) is 0 Å². The molecule has 0 unspecified atom stereocenters. The van der Waals surface area contributed by atoms with Gasteiger partial charge >= 0.3 is 0 Å². The van der Waals surface area contributed by atoms with E-state index < -0.39 is 0 Å². The summed E-state index contributed by atoms with van der Waals surface area (Å²) in [6, 6.07) is 47.5. The zero-order chi connectivity index (χ0) is 54.5. The molecule has 1 aromatic heterocycles. The molecule has 4 nitrogen and oxygen atoms in total. The van der Waals surface area contributed by atoms with Crippen LogP contribution < -0.4 is 31.1 Å². The molecule has 77 heavy (non-hydrogen) atoms. The van der Waals surface area contributed by atoms with E-state index in [-0.39, 0.29) is 44.6 Å². The highest BCUT2D eigenvalue weighted by Crippen LogP contribution is 2.56. The van der Waals surface area contributed by atoms with Gasteiger partial charge in [0.05, 0.1) is 17.0 Å². The van der Waals surface area contributed by atoms with Gasteiger partial charge in [0.15, 0.2) is 0 Å². The molecular weight excluding hydrogens is 936 g/mol. The van der Waals surface area contributed by atoms with E-state index in [4.69, 9.17) is 9.15 Å². The molecule has 392 valence electrons. The molecule has 0 saturated heterocycles. The molecule has 3 aliphatic heterocycles. The summed E-state index contributed by atoms with van der Waals surface area (Å²) < 4.78 is 14.9. The first-order valence-electron chi connectivity index (χ1n) is 28.8. The quantitative estimate of drug-likeness (QED) is 0.165. The van der Waals surface area contributed by atoms with E-state index in [1.165, 1.54) is 101 Å². The van der Waals surface area contributed by atoms with E-state index in [9.17, 15) is 0 Å². The molecule has 0 N–H and O–H groups in total. The molecule has 0 saturated carbocycles. The Kier molecular flexibility index (Phi) is 10.5. The van der Waals surface area contributed by atoms with Crippen molar-refractivity contribution in [2.75, 3.05) is 9.80 Å². The summed E-state index contributed by atoms with van der Waals surface area (Å²) >= 11 is 0. The van der Waals surface area contributed by atoms with Crippen molar-refractivity contribution in [2.45, 2.75) is 181 Å². The molecule has 0 radical (unpaired) electrons. The summed E-state index contributed by atoms with van der Waals surface area (Å²) in [5.74, 6) is 1.81. The molecule has 13 rings (SSSR count). The number of fused-ring (bicyclic) bond motifs is 10. The van der Waals surface area contributed by atoms with Gasteiger partial charge in [-0.2, -0.15) is 0 Å². The van der Waals surface area contributed by atoms with Crippen LogP contribution in [-0.4, -0.2) is 6.71 Å². The number of para-hydroxylation sites is 1. The van der Waals surface area contributed by atoms with Crippen LogP contribution in [-0.2, 0) is 37.9 Å². The summed E-state index contributed by atoms with van der Waals surface area (Å²) in [6.07, 6.45) is 4.59. The zero-order valence-corrected chi connectivity index (χ0v) is 49.2. The molecule has 0 bridgehead atoms. The highest BCUT2D eigenvalue weighted by atomic mass is 16.5. The normalized spacial score (nSPS) is 18.8. The SMILES string of the molecule is Cc1cc2c3c(c1)N(c1ccc4c(c1)C(C)(C)CCC4(C)C)c1c(oc4cc5c(cc14)C(C)(C)CCC5(C)C)B3c1cc3c(cc1N2c1ccc(C(C)(C)C)cc1-c1ccc(C(C)(C)C)cc1)Oc1ccccc1C3(C)C. The Bertz CT molecular complexity index is 3810. The highest BCUT2D eigenvalue weighted by Gasteiger charge is 2.50. The second-order valence-electron chi connectivity index (χ2n) is 29.2. The summed E-state index contributed by atoms with van der Waals surface area (Å²) in [5, 5.41) is 1.19. The third-order valence-corrected chi connectivity index (χ3v) is 19.6. The Balaban J connectivity index is 1.16. The zero-order valence-electron chi connectivity index (χ0n) is 49.2. The first-order chi connectivity index (χ1) is 36.0.